The molecule has 3 atom stereocenters. The van der Waals surface area contributed by atoms with Gasteiger partial charge in [-0.1, -0.05) is 60.7 Å². The van der Waals surface area contributed by atoms with E-state index in [0.29, 0.717) is 31.7 Å². The zero-order valence-electron chi connectivity index (χ0n) is 25.7. The van der Waals surface area contributed by atoms with Gasteiger partial charge in [0.05, 0.1) is 23.4 Å². The van der Waals surface area contributed by atoms with Gasteiger partial charge in [0, 0.05) is 38.1 Å². The molecule has 1 amide bonds. The van der Waals surface area contributed by atoms with Gasteiger partial charge in [-0.2, -0.15) is 0 Å². The fourth-order valence-corrected chi connectivity index (χ4v) is 8.22. The van der Waals surface area contributed by atoms with Crippen molar-refractivity contribution in [2.24, 2.45) is 0 Å². The largest absolute Gasteiger partial charge is 0.480 e. The summed E-state index contributed by atoms with van der Waals surface area (Å²) in [5.74, 6) is -2.37. The summed E-state index contributed by atoms with van der Waals surface area (Å²) < 4.78 is 55.5. The summed E-state index contributed by atoms with van der Waals surface area (Å²) in [5, 5.41) is 11.6. The minimum Gasteiger partial charge on any atom is -0.480 e. The van der Waals surface area contributed by atoms with Crippen molar-refractivity contribution in [3.8, 4) is 11.1 Å². The number of carbonyl (C=O) groups is 2. The lowest BCUT2D eigenvalue weighted by Crippen LogP contribution is -2.42. The molecule has 1 fully saturated rings. The Labute approximate surface area is 265 Å². The van der Waals surface area contributed by atoms with Gasteiger partial charge < -0.3 is 15.2 Å². The Morgan fingerprint density at radius 1 is 0.978 bits per heavy atom. The lowest BCUT2D eigenvalue weighted by molar-refractivity contribution is -0.139. The van der Waals surface area contributed by atoms with Gasteiger partial charge in [-0.05, 0) is 59.7 Å². The van der Waals surface area contributed by atoms with Gasteiger partial charge in [0.25, 0.3) is 5.91 Å². The number of benzene rings is 3. The van der Waals surface area contributed by atoms with E-state index >= 15 is 0 Å². The molecule has 1 aliphatic rings. The molecule has 45 heavy (non-hydrogen) atoms. The van der Waals surface area contributed by atoms with Crippen molar-refractivity contribution < 1.29 is 36.3 Å². The molecule has 2 N–H and O–H groups in total. The molecule has 1 aliphatic heterocycles. The van der Waals surface area contributed by atoms with Gasteiger partial charge in [0.15, 0.2) is 9.84 Å². The maximum atomic E-state index is 13.5. The monoisotopic (exact) mass is 656 g/mol. The van der Waals surface area contributed by atoms with Crippen molar-refractivity contribution in [2.45, 2.75) is 49.4 Å². The van der Waals surface area contributed by atoms with E-state index in [1.807, 2.05) is 67.6 Å². The molecular weight excluding hydrogens is 617 g/mol. The second kappa shape index (κ2) is 14.7. The van der Waals surface area contributed by atoms with Crippen molar-refractivity contribution in [3.05, 3.63) is 95.1 Å². The number of ether oxygens (including phenoxy) is 1. The molecule has 0 bridgehead atoms. The van der Waals surface area contributed by atoms with Crippen LogP contribution in [0.1, 0.15) is 39.9 Å². The number of carboxylic acids is 1. The first-order valence-corrected chi connectivity index (χ1v) is 18.4. The number of aryl methyl sites for hydroxylation is 1. The summed E-state index contributed by atoms with van der Waals surface area (Å²) in [4.78, 5) is 27.4. The van der Waals surface area contributed by atoms with Crippen LogP contribution in [0.3, 0.4) is 0 Å². The third-order valence-electron chi connectivity index (χ3n) is 8.10. The Bertz CT molecular complexity index is 1730. The van der Waals surface area contributed by atoms with E-state index in [9.17, 15) is 31.5 Å². The number of nitrogens with one attached hydrogen (secondary N) is 1. The van der Waals surface area contributed by atoms with Gasteiger partial charge in [0.2, 0.25) is 0 Å². The highest BCUT2D eigenvalue weighted by molar-refractivity contribution is 7.91. The van der Waals surface area contributed by atoms with Gasteiger partial charge in [-0.15, -0.1) is 0 Å². The number of rotatable bonds is 14. The van der Waals surface area contributed by atoms with Crippen LogP contribution in [0.4, 0.5) is 0 Å². The summed E-state index contributed by atoms with van der Waals surface area (Å²) in [5.41, 5.74) is 4.12. The molecule has 12 heteroatoms. The van der Waals surface area contributed by atoms with Crippen LogP contribution in [0.25, 0.3) is 11.1 Å². The summed E-state index contributed by atoms with van der Waals surface area (Å²) in [6, 6.07) is 20.4. The highest BCUT2D eigenvalue weighted by Gasteiger charge is 2.39. The molecule has 242 valence electrons. The number of aliphatic carboxylic acids is 1. The molecule has 0 saturated carbocycles. The standard InChI is InChI=1S/C33H40N2O8S2/c1-23-9-7-8-12-28(23)30-17-25(13-14-29(30)32(36)34-31(33(37)38)15-16-44(3,39)40)19-35-20-27(18-26(35)21-43-2)45(41,42)22-24-10-5-4-6-11-24/h4-14,17,26-27,31H,15-16,18-22H2,1-3H3,(H,34,36)(H,37,38). The number of nitrogens with zero attached hydrogens (tertiary/aromatic N) is 1. The molecule has 3 aromatic carbocycles. The fraction of sp³-hybridized carbons (Fsp3) is 0.394. The molecule has 3 unspecified atom stereocenters. The van der Waals surface area contributed by atoms with Crippen LogP contribution in [-0.2, 0) is 41.5 Å². The van der Waals surface area contributed by atoms with Crippen molar-refractivity contribution in [1.29, 1.82) is 0 Å². The van der Waals surface area contributed by atoms with Gasteiger partial charge >= 0.3 is 5.97 Å². The van der Waals surface area contributed by atoms with Crippen molar-refractivity contribution in [2.75, 3.05) is 32.3 Å². The first-order chi connectivity index (χ1) is 21.3. The minimum absolute atomic E-state index is 0.0329. The number of sulfone groups is 2. The summed E-state index contributed by atoms with van der Waals surface area (Å²) in [6.45, 7) is 3.03. The van der Waals surface area contributed by atoms with E-state index in [1.54, 1.807) is 19.2 Å². The molecule has 0 aromatic heterocycles. The lowest BCUT2D eigenvalue weighted by atomic mass is 9.93. The SMILES string of the molecule is COCC1CC(S(=O)(=O)Cc2ccccc2)CN1Cc1ccc(C(=O)NC(CCS(C)(=O)=O)C(=O)O)c(-c2ccccc2C)c1. The average Bonchev–Trinajstić information content (AvgIpc) is 3.38. The second-order valence-electron chi connectivity index (χ2n) is 11.7. The predicted octanol–water partition coefficient (Wildman–Crippen LogP) is 3.48. The van der Waals surface area contributed by atoms with Crippen LogP contribution in [0.15, 0.2) is 72.8 Å². The zero-order valence-corrected chi connectivity index (χ0v) is 27.3. The van der Waals surface area contributed by atoms with E-state index in [4.69, 9.17) is 4.74 Å². The smallest absolute Gasteiger partial charge is 0.326 e. The van der Waals surface area contributed by atoms with Crippen molar-refractivity contribution in [1.82, 2.24) is 10.2 Å². The van der Waals surface area contributed by atoms with E-state index in [0.717, 1.165) is 28.5 Å². The topological polar surface area (TPSA) is 147 Å². The Hall–Kier alpha value is -3.58. The van der Waals surface area contributed by atoms with E-state index in [-0.39, 0.29) is 29.5 Å². The van der Waals surface area contributed by atoms with Crippen molar-refractivity contribution >= 4 is 31.6 Å². The first-order valence-electron chi connectivity index (χ1n) is 14.7. The minimum atomic E-state index is -3.43. The van der Waals surface area contributed by atoms with Crippen LogP contribution in [0.2, 0.25) is 0 Å². The molecule has 4 rings (SSSR count). The predicted molar refractivity (Wildman–Crippen MR) is 173 cm³/mol. The Morgan fingerprint density at radius 2 is 1.67 bits per heavy atom. The molecule has 1 saturated heterocycles. The number of hydrogen-bond acceptors (Lipinski definition) is 8. The van der Waals surface area contributed by atoms with Crippen LogP contribution >= 0.6 is 0 Å². The Morgan fingerprint density at radius 3 is 2.31 bits per heavy atom. The lowest BCUT2D eigenvalue weighted by Gasteiger charge is -2.24. The molecule has 0 aliphatic carbocycles. The Balaban J connectivity index is 1.61. The van der Waals surface area contributed by atoms with Gasteiger partial charge in [0.1, 0.15) is 15.9 Å². The van der Waals surface area contributed by atoms with Gasteiger partial charge in [-0.3, -0.25) is 9.69 Å². The van der Waals surface area contributed by atoms with Gasteiger partial charge in [-0.25, -0.2) is 21.6 Å². The maximum Gasteiger partial charge on any atom is 0.326 e. The van der Waals surface area contributed by atoms with Crippen LogP contribution in [-0.4, -0.2) is 88.3 Å². The number of amides is 1. The highest BCUT2D eigenvalue weighted by Crippen LogP contribution is 2.31. The quantitative estimate of drug-likeness (QED) is 0.266. The number of hydrogen-bond donors (Lipinski definition) is 2. The summed E-state index contributed by atoms with van der Waals surface area (Å²) >= 11 is 0. The third kappa shape index (κ3) is 9.23. The fourth-order valence-electron chi connectivity index (χ4n) is 5.73. The number of likely N-dealkylation sites (tertiary alicyclic amines) is 1. The Kier molecular flexibility index (Phi) is 11.2. The summed E-state index contributed by atoms with van der Waals surface area (Å²) in [6.07, 6.45) is 1.20. The molecule has 1 heterocycles. The number of methoxy groups -OCH3 is 1. The molecular formula is C33H40N2O8S2. The van der Waals surface area contributed by atoms with Crippen LogP contribution in [0.5, 0.6) is 0 Å². The van der Waals surface area contributed by atoms with E-state index < -0.39 is 42.8 Å². The maximum absolute atomic E-state index is 13.5. The summed E-state index contributed by atoms with van der Waals surface area (Å²) in [7, 11) is -5.27. The van der Waals surface area contributed by atoms with Crippen molar-refractivity contribution in [3.63, 3.8) is 0 Å². The average molecular weight is 657 g/mol. The van der Waals surface area contributed by atoms with Crippen LogP contribution < -0.4 is 5.32 Å². The zero-order chi connectivity index (χ0) is 32.8. The first kappa shape index (κ1) is 34.3. The number of carboxylic acid groups (broad SMARTS) is 1. The normalized spacial score (nSPS) is 18.0. The number of carbonyl (C=O) groups excluding carboxylic acids is 1. The third-order valence-corrected chi connectivity index (χ3v) is 11.2. The van der Waals surface area contributed by atoms with Crippen LogP contribution in [0, 0.1) is 6.92 Å². The van der Waals surface area contributed by atoms with E-state index in [2.05, 4.69) is 10.2 Å². The van der Waals surface area contributed by atoms with E-state index in [1.165, 1.54) is 0 Å². The molecule has 0 radical (unpaired) electrons. The second-order valence-corrected chi connectivity index (χ2v) is 16.2. The molecule has 10 nitrogen and oxygen atoms in total. The molecule has 0 spiro atoms. The molecule has 3 aromatic rings. The highest BCUT2D eigenvalue weighted by atomic mass is 32.2.